The van der Waals surface area contributed by atoms with Gasteiger partial charge in [-0.3, -0.25) is 19.3 Å². The topological polar surface area (TPSA) is 107 Å². The predicted molar refractivity (Wildman–Crippen MR) is 109 cm³/mol. The third-order valence-corrected chi connectivity index (χ3v) is 5.71. The normalized spacial score (nSPS) is 16.9. The molecule has 1 aliphatic heterocycles. The van der Waals surface area contributed by atoms with Crippen LogP contribution in [-0.2, 0) is 14.4 Å². The van der Waals surface area contributed by atoms with Crippen LogP contribution < -0.4 is 5.32 Å². The molecule has 11 heteroatoms. The molecule has 1 aromatic carbocycles. The molecule has 0 aliphatic carbocycles. The van der Waals surface area contributed by atoms with Gasteiger partial charge in [0, 0.05) is 10.0 Å². The van der Waals surface area contributed by atoms with Crippen LogP contribution in [0.2, 0.25) is 0 Å². The minimum absolute atomic E-state index is 0.0357. The van der Waals surface area contributed by atoms with E-state index in [2.05, 4.69) is 37.2 Å². The minimum Gasteiger partial charge on any atom is -0.506 e. The Bertz CT molecular complexity index is 844. The molecular weight excluding hydrogens is 512 g/mol. The van der Waals surface area contributed by atoms with Gasteiger partial charge in [-0.2, -0.15) is 0 Å². The number of phenolic OH excluding ortho intramolecular Hbond substituents is 1. The molecule has 1 aliphatic rings. The van der Waals surface area contributed by atoms with Crippen molar-refractivity contribution in [2.75, 3.05) is 6.54 Å². The largest absolute Gasteiger partial charge is 0.506 e. The summed E-state index contributed by atoms with van der Waals surface area (Å²) in [6, 6.07) is 2.21. The number of hydrogen-bond acceptors (Lipinski definition) is 6. The zero-order chi connectivity index (χ0) is 19.6. The smallest absolute Gasteiger partial charge is 0.325 e. The number of hydrogen-bond donors (Lipinski definition) is 3. The lowest BCUT2D eigenvalue weighted by molar-refractivity contribution is -0.141. The number of rotatable bonds is 5. The number of carboxylic acids is 1. The van der Waals surface area contributed by atoms with Crippen molar-refractivity contribution in [1.29, 1.82) is 0 Å². The van der Waals surface area contributed by atoms with Crippen LogP contribution in [0, 0.1) is 0 Å². The number of aliphatic carboxylic acids is 1. The fourth-order valence-corrected chi connectivity index (χ4v) is 4.47. The third kappa shape index (κ3) is 4.84. The minimum atomic E-state index is -1.18. The summed E-state index contributed by atoms with van der Waals surface area (Å²) < 4.78 is 1.33. The monoisotopic (exact) mass is 522 g/mol. The second-order valence-electron chi connectivity index (χ2n) is 5.22. The summed E-state index contributed by atoms with van der Waals surface area (Å²) in [4.78, 5) is 36.5. The number of carboxylic acid groups (broad SMARTS) is 1. The SMILES string of the molecule is CC(NC(=O)CN1C(=O)/C(=C/c2cc(Br)cc(Br)c2O)SC1=S)C(=O)O. The maximum absolute atomic E-state index is 12.5. The van der Waals surface area contributed by atoms with E-state index < -0.39 is 23.8 Å². The van der Waals surface area contributed by atoms with E-state index in [9.17, 15) is 19.5 Å². The van der Waals surface area contributed by atoms with E-state index in [1.165, 1.54) is 13.0 Å². The molecule has 1 atom stereocenters. The van der Waals surface area contributed by atoms with Gasteiger partial charge in [0.2, 0.25) is 5.91 Å². The fourth-order valence-electron chi connectivity index (χ4n) is 1.97. The zero-order valence-electron chi connectivity index (χ0n) is 13.2. The molecule has 138 valence electrons. The van der Waals surface area contributed by atoms with Crippen molar-refractivity contribution in [2.45, 2.75) is 13.0 Å². The lowest BCUT2D eigenvalue weighted by Crippen LogP contribution is -2.45. The van der Waals surface area contributed by atoms with Crippen molar-refractivity contribution in [3.05, 3.63) is 31.5 Å². The maximum Gasteiger partial charge on any atom is 0.325 e. The number of benzene rings is 1. The molecule has 0 spiro atoms. The van der Waals surface area contributed by atoms with E-state index in [4.69, 9.17) is 17.3 Å². The van der Waals surface area contributed by atoms with Gasteiger partial charge in [0.05, 0.1) is 9.38 Å². The summed E-state index contributed by atoms with van der Waals surface area (Å²) >= 11 is 12.6. The highest BCUT2D eigenvalue weighted by Crippen LogP contribution is 2.37. The highest BCUT2D eigenvalue weighted by molar-refractivity contribution is 9.11. The van der Waals surface area contributed by atoms with Gasteiger partial charge in [-0.25, -0.2) is 0 Å². The van der Waals surface area contributed by atoms with Crippen LogP contribution in [0.4, 0.5) is 0 Å². The van der Waals surface area contributed by atoms with E-state index in [0.29, 0.717) is 14.5 Å². The first-order valence-electron chi connectivity index (χ1n) is 7.05. The average Bonchev–Trinajstić information content (AvgIpc) is 2.79. The summed E-state index contributed by atoms with van der Waals surface area (Å²) in [5.41, 5.74) is 0.399. The van der Waals surface area contributed by atoms with Gasteiger partial charge in [-0.05, 0) is 41.1 Å². The number of nitrogens with one attached hydrogen (secondary N) is 1. The van der Waals surface area contributed by atoms with E-state index in [1.807, 2.05) is 0 Å². The summed E-state index contributed by atoms with van der Waals surface area (Å²) in [5.74, 6) is -2.34. The molecule has 26 heavy (non-hydrogen) atoms. The lowest BCUT2D eigenvalue weighted by atomic mass is 10.2. The predicted octanol–water partition coefficient (Wildman–Crippen LogP) is 2.71. The number of carbonyl (C=O) groups excluding carboxylic acids is 2. The van der Waals surface area contributed by atoms with Crippen molar-refractivity contribution in [1.82, 2.24) is 10.2 Å². The Labute approximate surface area is 175 Å². The number of thioether (sulfide) groups is 1. The van der Waals surface area contributed by atoms with Crippen LogP contribution in [-0.4, -0.2) is 49.8 Å². The van der Waals surface area contributed by atoms with E-state index >= 15 is 0 Å². The summed E-state index contributed by atoms with van der Waals surface area (Å²) in [7, 11) is 0. The molecule has 1 saturated heterocycles. The van der Waals surface area contributed by atoms with Crippen molar-refractivity contribution in [3.63, 3.8) is 0 Å². The van der Waals surface area contributed by atoms with Crippen LogP contribution in [0.5, 0.6) is 5.75 Å². The third-order valence-electron chi connectivity index (χ3n) is 3.27. The maximum atomic E-state index is 12.5. The molecule has 1 unspecified atom stereocenters. The highest BCUT2D eigenvalue weighted by Gasteiger charge is 2.34. The van der Waals surface area contributed by atoms with Crippen LogP contribution in [0.25, 0.3) is 6.08 Å². The summed E-state index contributed by atoms with van der Waals surface area (Å²) in [5, 5.41) is 21.2. The Morgan fingerprint density at radius 3 is 2.69 bits per heavy atom. The first kappa shape index (κ1) is 20.9. The lowest BCUT2D eigenvalue weighted by Gasteiger charge is -2.15. The van der Waals surface area contributed by atoms with Gasteiger partial charge in [0.15, 0.2) is 0 Å². The molecule has 0 saturated carbocycles. The number of nitrogens with zero attached hydrogens (tertiary/aromatic N) is 1. The van der Waals surface area contributed by atoms with Crippen molar-refractivity contribution >= 4 is 84.0 Å². The molecule has 1 aromatic rings. The quantitative estimate of drug-likeness (QED) is 0.402. The molecule has 2 rings (SSSR count). The Hall–Kier alpha value is -1.43. The molecule has 1 heterocycles. The number of halogens is 2. The summed E-state index contributed by atoms with van der Waals surface area (Å²) in [6.45, 7) is 0.937. The van der Waals surface area contributed by atoms with Gasteiger partial charge in [-0.1, -0.05) is 39.9 Å². The van der Waals surface area contributed by atoms with Crippen LogP contribution in [0.1, 0.15) is 12.5 Å². The molecule has 0 bridgehead atoms. The van der Waals surface area contributed by atoms with Gasteiger partial charge in [0.25, 0.3) is 5.91 Å². The Kier molecular flexibility index (Phi) is 6.83. The Morgan fingerprint density at radius 2 is 2.08 bits per heavy atom. The standard InChI is InChI=1S/C15H12Br2N2O5S2/c1-6(14(23)24)18-11(20)5-19-13(22)10(26-15(19)25)3-7-2-8(16)4-9(17)12(7)21/h2-4,6,21H,5H2,1H3,(H,18,20)(H,23,24)/b10-3-. The highest BCUT2D eigenvalue weighted by atomic mass is 79.9. The molecule has 2 amide bonds. The Balaban J connectivity index is 2.19. The number of carbonyl (C=O) groups is 3. The molecule has 1 fully saturated rings. The van der Waals surface area contributed by atoms with Crippen LogP contribution >= 0.6 is 55.8 Å². The van der Waals surface area contributed by atoms with Crippen molar-refractivity contribution in [2.24, 2.45) is 0 Å². The van der Waals surface area contributed by atoms with Gasteiger partial charge < -0.3 is 15.5 Å². The zero-order valence-corrected chi connectivity index (χ0v) is 18.0. The fraction of sp³-hybridized carbons (Fsp3) is 0.200. The molecule has 0 aromatic heterocycles. The molecular formula is C15H12Br2N2O5S2. The number of aromatic hydroxyl groups is 1. The molecule has 3 N–H and O–H groups in total. The first-order chi connectivity index (χ1) is 12.1. The number of phenols is 1. The van der Waals surface area contributed by atoms with Gasteiger partial charge >= 0.3 is 5.97 Å². The van der Waals surface area contributed by atoms with Crippen molar-refractivity contribution in [3.8, 4) is 5.75 Å². The van der Waals surface area contributed by atoms with Crippen molar-refractivity contribution < 1.29 is 24.6 Å². The van der Waals surface area contributed by atoms with E-state index in [1.54, 1.807) is 12.1 Å². The first-order valence-corrected chi connectivity index (χ1v) is 9.86. The average molecular weight is 524 g/mol. The Morgan fingerprint density at radius 1 is 1.42 bits per heavy atom. The van der Waals surface area contributed by atoms with Gasteiger partial charge in [0.1, 0.15) is 22.7 Å². The second-order valence-corrected chi connectivity index (χ2v) is 8.67. The summed E-state index contributed by atoms with van der Waals surface area (Å²) in [6.07, 6.45) is 1.47. The second kappa shape index (κ2) is 8.51. The van der Waals surface area contributed by atoms with E-state index in [0.717, 1.165) is 16.7 Å². The molecule has 0 radical (unpaired) electrons. The number of thiocarbonyl (C=S) groups is 1. The van der Waals surface area contributed by atoms with Crippen LogP contribution in [0.15, 0.2) is 26.0 Å². The van der Waals surface area contributed by atoms with Gasteiger partial charge in [-0.15, -0.1) is 0 Å². The van der Waals surface area contributed by atoms with E-state index in [-0.39, 0.29) is 21.5 Å². The van der Waals surface area contributed by atoms with Crippen LogP contribution in [0.3, 0.4) is 0 Å². The molecule has 7 nitrogen and oxygen atoms in total. The number of amides is 2.